The summed E-state index contributed by atoms with van der Waals surface area (Å²) in [6.07, 6.45) is -4.45. The average Bonchev–Trinajstić information content (AvgIpc) is 2.01. The zero-order valence-corrected chi connectivity index (χ0v) is 8.15. The predicted octanol–water partition coefficient (Wildman–Crippen LogP) is 2.21. The van der Waals surface area contributed by atoms with Crippen molar-refractivity contribution < 1.29 is 22.5 Å². The second-order valence-electron chi connectivity index (χ2n) is 4.14. The Bertz CT molecular complexity index is 227. The van der Waals surface area contributed by atoms with Crippen molar-refractivity contribution in [2.45, 2.75) is 20.0 Å². The molecular weight excluding hydrogens is 196 g/mol. The summed E-state index contributed by atoms with van der Waals surface area (Å²) in [6.45, 7) is 7.13. The van der Waals surface area contributed by atoms with Crippen molar-refractivity contribution in [3.8, 4) is 0 Å². The first kappa shape index (κ1) is 11.6. The van der Waals surface area contributed by atoms with Gasteiger partial charge in [-0.2, -0.15) is 13.2 Å². The van der Waals surface area contributed by atoms with Gasteiger partial charge in [0.1, 0.15) is 0 Å². The van der Waals surface area contributed by atoms with Crippen molar-refractivity contribution in [2.75, 3.05) is 13.2 Å². The van der Waals surface area contributed by atoms with Gasteiger partial charge in [0.15, 0.2) is 0 Å². The molecule has 1 aliphatic heterocycles. The van der Waals surface area contributed by atoms with E-state index in [1.807, 2.05) is 13.8 Å². The van der Waals surface area contributed by atoms with Crippen LogP contribution in [0.15, 0.2) is 12.1 Å². The molecule has 0 unspecified atom stereocenters. The Morgan fingerprint density at radius 1 is 1.29 bits per heavy atom. The van der Waals surface area contributed by atoms with Crippen LogP contribution in [0.25, 0.3) is 0 Å². The van der Waals surface area contributed by atoms with Crippen LogP contribution in [0.2, 0.25) is 0 Å². The molecule has 80 valence electrons. The van der Waals surface area contributed by atoms with Gasteiger partial charge in [-0.15, -0.1) is 0 Å². The molecule has 0 aliphatic carbocycles. The number of allylic oxidation sites excluding steroid dienone is 1. The van der Waals surface area contributed by atoms with E-state index in [2.05, 4.69) is 6.58 Å². The summed E-state index contributed by atoms with van der Waals surface area (Å²) in [6, 6.07) is 0. The van der Waals surface area contributed by atoms with Crippen molar-refractivity contribution in [3.05, 3.63) is 12.1 Å². The Hall–Kier alpha value is -0.485. The fraction of sp³-hybridized carbons (Fsp3) is 0.750. The van der Waals surface area contributed by atoms with E-state index >= 15 is 0 Å². The Balaban J connectivity index is 2.55. The van der Waals surface area contributed by atoms with Crippen molar-refractivity contribution in [1.29, 1.82) is 0 Å². The summed E-state index contributed by atoms with van der Waals surface area (Å²) in [4.78, 5) is 0. The van der Waals surface area contributed by atoms with Gasteiger partial charge in [0, 0.05) is 18.6 Å². The lowest BCUT2D eigenvalue weighted by Crippen LogP contribution is -2.44. The van der Waals surface area contributed by atoms with E-state index < -0.39 is 18.8 Å². The minimum absolute atomic E-state index is 0.234. The standard InChI is InChI=1S/C8H12BF3O2/c1-6(8(10,11)12)9-13-4-7(2,3)5-14-9/h1,4-5H2,2-3H3. The van der Waals surface area contributed by atoms with Crippen LogP contribution in [-0.4, -0.2) is 26.5 Å². The third-order valence-electron chi connectivity index (χ3n) is 1.90. The largest absolute Gasteiger partial charge is 0.498 e. The smallest absolute Gasteiger partial charge is 0.407 e. The number of hydrogen-bond acceptors (Lipinski definition) is 2. The molecular formula is C8H12BF3O2. The quantitative estimate of drug-likeness (QED) is 0.615. The molecule has 0 saturated carbocycles. The molecule has 0 spiro atoms. The van der Waals surface area contributed by atoms with Gasteiger partial charge in [-0.3, -0.25) is 0 Å². The van der Waals surface area contributed by atoms with E-state index in [4.69, 9.17) is 9.31 Å². The van der Waals surface area contributed by atoms with Crippen LogP contribution in [-0.2, 0) is 9.31 Å². The molecule has 0 atom stereocenters. The van der Waals surface area contributed by atoms with Crippen LogP contribution in [0.3, 0.4) is 0 Å². The van der Waals surface area contributed by atoms with Crippen molar-refractivity contribution in [2.24, 2.45) is 5.41 Å². The molecule has 0 N–H and O–H groups in total. The highest BCUT2D eigenvalue weighted by Crippen LogP contribution is 2.31. The molecule has 1 rings (SSSR count). The Kier molecular flexibility index (Phi) is 2.97. The summed E-state index contributed by atoms with van der Waals surface area (Å²) in [5.74, 6) is 0. The van der Waals surface area contributed by atoms with Crippen molar-refractivity contribution >= 4 is 7.12 Å². The van der Waals surface area contributed by atoms with E-state index in [-0.39, 0.29) is 18.6 Å². The predicted molar refractivity (Wildman–Crippen MR) is 46.6 cm³/mol. The maximum absolute atomic E-state index is 12.2. The fourth-order valence-corrected chi connectivity index (χ4v) is 1.03. The van der Waals surface area contributed by atoms with E-state index in [0.29, 0.717) is 0 Å². The van der Waals surface area contributed by atoms with E-state index in [9.17, 15) is 13.2 Å². The molecule has 0 amide bonds. The van der Waals surface area contributed by atoms with Gasteiger partial charge >= 0.3 is 13.3 Å². The first-order chi connectivity index (χ1) is 6.22. The Morgan fingerprint density at radius 2 is 1.71 bits per heavy atom. The van der Waals surface area contributed by atoms with Crippen LogP contribution < -0.4 is 0 Å². The zero-order valence-electron chi connectivity index (χ0n) is 8.15. The Labute approximate surface area is 81.2 Å². The topological polar surface area (TPSA) is 18.5 Å². The Morgan fingerprint density at radius 3 is 2.07 bits per heavy atom. The van der Waals surface area contributed by atoms with Gasteiger partial charge < -0.3 is 9.31 Å². The van der Waals surface area contributed by atoms with Crippen LogP contribution >= 0.6 is 0 Å². The average molecular weight is 208 g/mol. The second-order valence-corrected chi connectivity index (χ2v) is 4.14. The second kappa shape index (κ2) is 3.58. The molecule has 0 aromatic carbocycles. The molecule has 1 fully saturated rings. The molecule has 1 heterocycles. The minimum atomic E-state index is -4.45. The monoisotopic (exact) mass is 208 g/mol. The first-order valence-corrected chi connectivity index (χ1v) is 4.22. The van der Waals surface area contributed by atoms with Gasteiger partial charge in [0.25, 0.3) is 0 Å². The summed E-state index contributed by atoms with van der Waals surface area (Å²) in [5.41, 5.74) is -1.21. The van der Waals surface area contributed by atoms with Gasteiger partial charge in [-0.1, -0.05) is 20.4 Å². The lowest BCUT2D eigenvalue weighted by atomic mass is 9.75. The fourth-order valence-electron chi connectivity index (χ4n) is 1.03. The number of halogens is 3. The van der Waals surface area contributed by atoms with Gasteiger partial charge in [-0.25, -0.2) is 0 Å². The lowest BCUT2D eigenvalue weighted by molar-refractivity contribution is -0.0913. The normalized spacial score (nSPS) is 22.2. The summed E-state index contributed by atoms with van der Waals surface area (Å²) < 4.78 is 46.4. The first-order valence-electron chi connectivity index (χ1n) is 4.22. The summed E-state index contributed by atoms with van der Waals surface area (Å²) >= 11 is 0. The third-order valence-corrected chi connectivity index (χ3v) is 1.90. The molecule has 2 nitrogen and oxygen atoms in total. The molecule has 0 radical (unpaired) electrons. The minimum Gasteiger partial charge on any atom is -0.407 e. The van der Waals surface area contributed by atoms with Gasteiger partial charge in [0.05, 0.1) is 5.47 Å². The highest BCUT2D eigenvalue weighted by atomic mass is 19.4. The van der Waals surface area contributed by atoms with Crippen LogP contribution in [0, 0.1) is 5.41 Å². The third kappa shape index (κ3) is 2.75. The number of rotatable bonds is 1. The van der Waals surface area contributed by atoms with Crippen LogP contribution in [0.4, 0.5) is 13.2 Å². The van der Waals surface area contributed by atoms with Crippen LogP contribution in [0.5, 0.6) is 0 Å². The van der Waals surface area contributed by atoms with Crippen LogP contribution in [0.1, 0.15) is 13.8 Å². The van der Waals surface area contributed by atoms with Gasteiger partial charge in [0.2, 0.25) is 0 Å². The SMILES string of the molecule is C=C(B1OCC(C)(C)CO1)C(F)(F)F. The van der Waals surface area contributed by atoms with E-state index in [1.165, 1.54) is 0 Å². The molecule has 0 bridgehead atoms. The van der Waals surface area contributed by atoms with E-state index in [0.717, 1.165) is 0 Å². The summed E-state index contributed by atoms with van der Waals surface area (Å²) in [7, 11) is -1.34. The molecule has 1 saturated heterocycles. The zero-order chi connectivity index (χ0) is 11.0. The molecule has 6 heteroatoms. The molecule has 0 aromatic rings. The molecule has 14 heavy (non-hydrogen) atoms. The lowest BCUT2D eigenvalue weighted by Gasteiger charge is -2.33. The number of hydrogen-bond donors (Lipinski definition) is 0. The number of alkyl halides is 3. The molecule has 1 aliphatic rings. The summed E-state index contributed by atoms with van der Waals surface area (Å²) in [5, 5.41) is 0. The molecule has 0 aromatic heterocycles. The van der Waals surface area contributed by atoms with Crippen molar-refractivity contribution in [3.63, 3.8) is 0 Å². The van der Waals surface area contributed by atoms with Crippen molar-refractivity contribution in [1.82, 2.24) is 0 Å². The maximum Gasteiger partial charge on any atom is 0.498 e. The van der Waals surface area contributed by atoms with E-state index in [1.54, 1.807) is 0 Å². The highest BCUT2D eigenvalue weighted by Gasteiger charge is 2.45. The highest BCUT2D eigenvalue weighted by molar-refractivity contribution is 6.54. The van der Waals surface area contributed by atoms with Gasteiger partial charge in [-0.05, 0) is 0 Å². The maximum atomic E-state index is 12.2.